The van der Waals surface area contributed by atoms with E-state index in [9.17, 15) is 9.59 Å². The van der Waals surface area contributed by atoms with Crippen LogP contribution < -0.4 is 5.32 Å². The van der Waals surface area contributed by atoms with Gasteiger partial charge in [0.15, 0.2) is 0 Å². The van der Waals surface area contributed by atoms with Crippen LogP contribution in [0.3, 0.4) is 0 Å². The van der Waals surface area contributed by atoms with Crippen molar-refractivity contribution in [2.75, 3.05) is 13.7 Å². The summed E-state index contributed by atoms with van der Waals surface area (Å²) in [6, 6.07) is 7.21. The van der Waals surface area contributed by atoms with E-state index < -0.39 is 5.97 Å². The SMILES string of the molecule is COC(=O)CNC(=O)c1cnc2c(S)cccc2c1. The Hall–Kier alpha value is -2.08. The van der Waals surface area contributed by atoms with E-state index in [1.807, 2.05) is 18.2 Å². The lowest BCUT2D eigenvalue weighted by Crippen LogP contribution is -2.30. The summed E-state index contributed by atoms with van der Waals surface area (Å²) < 4.78 is 4.44. The molecule has 19 heavy (non-hydrogen) atoms. The van der Waals surface area contributed by atoms with Gasteiger partial charge in [-0.2, -0.15) is 0 Å². The zero-order valence-electron chi connectivity index (χ0n) is 10.2. The average Bonchev–Trinajstić information content (AvgIpc) is 2.44. The summed E-state index contributed by atoms with van der Waals surface area (Å²) in [4.78, 5) is 27.7. The molecule has 6 heteroatoms. The number of fused-ring (bicyclic) bond motifs is 1. The molecule has 0 aliphatic carbocycles. The Morgan fingerprint density at radius 3 is 2.95 bits per heavy atom. The third kappa shape index (κ3) is 3.03. The molecule has 0 unspecified atom stereocenters. The second-order valence-electron chi connectivity index (χ2n) is 3.83. The smallest absolute Gasteiger partial charge is 0.325 e. The van der Waals surface area contributed by atoms with Gasteiger partial charge in [-0.1, -0.05) is 12.1 Å². The van der Waals surface area contributed by atoms with E-state index in [0.29, 0.717) is 5.56 Å². The van der Waals surface area contributed by atoms with Crippen molar-refractivity contribution in [1.82, 2.24) is 10.3 Å². The van der Waals surface area contributed by atoms with Gasteiger partial charge < -0.3 is 10.1 Å². The van der Waals surface area contributed by atoms with Crippen molar-refractivity contribution >= 4 is 35.4 Å². The first-order chi connectivity index (χ1) is 9.11. The lowest BCUT2D eigenvalue weighted by atomic mass is 10.1. The fourth-order valence-corrected chi connectivity index (χ4v) is 1.87. The Bertz CT molecular complexity index is 643. The number of para-hydroxylation sites is 1. The summed E-state index contributed by atoms with van der Waals surface area (Å²) >= 11 is 4.29. The summed E-state index contributed by atoms with van der Waals surface area (Å²) in [5.74, 6) is -0.871. The molecule has 1 aromatic heterocycles. The number of rotatable bonds is 3. The standard InChI is InChI=1S/C13H12N2O3S/c1-18-11(16)7-15-13(17)9-5-8-3-2-4-10(19)12(8)14-6-9/h2-6,19H,7H2,1H3,(H,15,17). The molecule has 1 N–H and O–H groups in total. The van der Waals surface area contributed by atoms with Crippen LogP contribution in [0.15, 0.2) is 35.4 Å². The molecule has 0 saturated carbocycles. The van der Waals surface area contributed by atoms with Gasteiger partial charge in [-0.3, -0.25) is 14.6 Å². The summed E-state index contributed by atoms with van der Waals surface area (Å²) in [6.07, 6.45) is 1.45. The van der Waals surface area contributed by atoms with Crippen molar-refractivity contribution in [1.29, 1.82) is 0 Å². The highest BCUT2D eigenvalue weighted by Gasteiger charge is 2.09. The number of aromatic nitrogens is 1. The van der Waals surface area contributed by atoms with Gasteiger partial charge >= 0.3 is 5.97 Å². The Morgan fingerprint density at radius 2 is 2.21 bits per heavy atom. The molecule has 0 aliphatic rings. The van der Waals surface area contributed by atoms with E-state index >= 15 is 0 Å². The van der Waals surface area contributed by atoms with E-state index in [1.54, 1.807) is 6.07 Å². The number of methoxy groups -OCH3 is 1. The van der Waals surface area contributed by atoms with Crippen LogP contribution in [0, 0.1) is 0 Å². The van der Waals surface area contributed by atoms with Crippen LogP contribution in [-0.4, -0.2) is 30.5 Å². The van der Waals surface area contributed by atoms with Crippen LogP contribution in [0.5, 0.6) is 0 Å². The quantitative estimate of drug-likeness (QED) is 0.657. The molecule has 2 rings (SSSR count). The number of hydrogen-bond donors (Lipinski definition) is 2. The Kier molecular flexibility index (Phi) is 4.01. The molecule has 1 aromatic carbocycles. The van der Waals surface area contributed by atoms with E-state index in [-0.39, 0.29) is 12.5 Å². The maximum Gasteiger partial charge on any atom is 0.325 e. The molecule has 5 nitrogen and oxygen atoms in total. The van der Waals surface area contributed by atoms with Gasteiger partial charge in [0, 0.05) is 16.5 Å². The minimum Gasteiger partial charge on any atom is -0.468 e. The molecule has 98 valence electrons. The van der Waals surface area contributed by atoms with Crippen molar-refractivity contribution in [2.45, 2.75) is 4.90 Å². The number of thiol groups is 1. The number of benzene rings is 1. The van der Waals surface area contributed by atoms with Gasteiger partial charge in [0.05, 0.1) is 18.2 Å². The van der Waals surface area contributed by atoms with E-state index in [0.717, 1.165) is 15.8 Å². The molecule has 0 atom stereocenters. The molecule has 0 aliphatic heterocycles. The zero-order chi connectivity index (χ0) is 13.8. The number of carbonyl (C=O) groups is 2. The molecule has 0 bridgehead atoms. The topological polar surface area (TPSA) is 68.3 Å². The number of esters is 1. The van der Waals surface area contributed by atoms with Crippen LogP contribution >= 0.6 is 12.6 Å². The van der Waals surface area contributed by atoms with Gasteiger partial charge in [0.1, 0.15) is 6.54 Å². The first-order valence-electron chi connectivity index (χ1n) is 5.54. The molecule has 0 spiro atoms. The number of carbonyl (C=O) groups excluding carboxylic acids is 2. The monoisotopic (exact) mass is 276 g/mol. The summed E-state index contributed by atoms with van der Waals surface area (Å²) in [6.45, 7) is -0.167. The zero-order valence-corrected chi connectivity index (χ0v) is 11.1. The van der Waals surface area contributed by atoms with E-state index in [4.69, 9.17) is 0 Å². The van der Waals surface area contributed by atoms with Crippen molar-refractivity contribution in [3.63, 3.8) is 0 Å². The van der Waals surface area contributed by atoms with Gasteiger partial charge in [-0.25, -0.2) is 0 Å². The highest BCUT2D eigenvalue weighted by molar-refractivity contribution is 7.80. The first-order valence-corrected chi connectivity index (χ1v) is 5.99. The summed E-state index contributed by atoms with van der Waals surface area (Å²) in [7, 11) is 1.26. The Labute approximate surface area is 115 Å². The van der Waals surface area contributed by atoms with Crippen molar-refractivity contribution in [3.05, 3.63) is 36.0 Å². The van der Waals surface area contributed by atoms with Crippen molar-refractivity contribution < 1.29 is 14.3 Å². The lowest BCUT2D eigenvalue weighted by molar-refractivity contribution is -0.139. The normalized spacial score (nSPS) is 10.2. The molecule has 1 amide bonds. The third-order valence-electron chi connectivity index (χ3n) is 2.57. The number of nitrogens with one attached hydrogen (secondary N) is 1. The predicted octanol–water partition coefficient (Wildman–Crippen LogP) is 1.43. The van der Waals surface area contributed by atoms with Crippen molar-refractivity contribution in [2.24, 2.45) is 0 Å². The molecule has 0 saturated heterocycles. The average molecular weight is 276 g/mol. The maximum atomic E-state index is 11.8. The van der Waals surface area contributed by atoms with Gasteiger partial charge in [0.25, 0.3) is 5.91 Å². The lowest BCUT2D eigenvalue weighted by Gasteiger charge is -2.05. The Morgan fingerprint density at radius 1 is 1.42 bits per heavy atom. The predicted molar refractivity (Wildman–Crippen MR) is 73.3 cm³/mol. The number of pyridine rings is 1. The molecular formula is C13H12N2O3S. The number of ether oxygens (including phenoxy) is 1. The molecule has 0 fully saturated rings. The van der Waals surface area contributed by atoms with Crippen molar-refractivity contribution in [3.8, 4) is 0 Å². The van der Waals surface area contributed by atoms with Crippen LogP contribution in [0.4, 0.5) is 0 Å². The largest absolute Gasteiger partial charge is 0.468 e. The first kappa shape index (κ1) is 13.4. The van der Waals surface area contributed by atoms with Crippen LogP contribution in [-0.2, 0) is 9.53 Å². The highest BCUT2D eigenvalue weighted by Crippen LogP contribution is 2.20. The fourth-order valence-electron chi connectivity index (χ4n) is 1.60. The number of amides is 1. The van der Waals surface area contributed by atoms with Crippen LogP contribution in [0.2, 0.25) is 0 Å². The maximum absolute atomic E-state index is 11.8. The second-order valence-corrected chi connectivity index (χ2v) is 4.31. The minimum atomic E-state index is -0.500. The minimum absolute atomic E-state index is 0.167. The highest BCUT2D eigenvalue weighted by atomic mass is 32.1. The third-order valence-corrected chi connectivity index (χ3v) is 2.93. The molecule has 0 radical (unpaired) electrons. The molecule has 1 heterocycles. The van der Waals surface area contributed by atoms with Crippen LogP contribution in [0.25, 0.3) is 10.9 Å². The number of hydrogen-bond acceptors (Lipinski definition) is 5. The Balaban J connectivity index is 2.21. The van der Waals surface area contributed by atoms with Gasteiger partial charge in [-0.15, -0.1) is 12.6 Å². The van der Waals surface area contributed by atoms with E-state index in [2.05, 4.69) is 27.7 Å². The van der Waals surface area contributed by atoms with Gasteiger partial charge in [-0.05, 0) is 12.1 Å². The van der Waals surface area contributed by atoms with Gasteiger partial charge in [0.2, 0.25) is 0 Å². The summed E-state index contributed by atoms with van der Waals surface area (Å²) in [5, 5.41) is 3.27. The second kappa shape index (κ2) is 5.71. The van der Waals surface area contributed by atoms with E-state index in [1.165, 1.54) is 13.3 Å². The summed E-state index contributed by atoms with van der Waals surface area (Å²) in [5.41, 5.74) is 1.12. The molecule has 2 aromatic rings. The fraction of sp³-hybridized carbons (Fsp3) is 0.154. The number of nitrogens with zero attached hydrogens (tertiary/aromatic N) is 1. The molecular weight excluding hydrogens is 264 g/mol. The van der Waals surface area contributed by atoms with Crippen LogP contribution in [0.1, 0.15) is 10.4 Å².